The van der Waals surface area contributed by atoms with Crippen molar-refractivity contribution in [2.45, 2.75) is 33.1 Å². The predicted octanol–water partition coefficient (Wildman–Crippen LogP) is 5.33. The third-order valence-electron chi connectivity index (χ3n) is 4.36. The molecule has 0 atom stereocenters. The normalized spacial score (nSPS) is 15.7. The zero-order chi connectivity index (χ0) is 14.3. The van der Waals surface area contributed by atoms with Crippen LogP contribution in [0.15, 0.2) is 54.2 Å². The molecule has 20 heavy (non-hydrogen) atoms. The fourth-order valence-corrected chi connectivity index (χ4v) is 3.08. The van der Waals surface area contributed by atoms with E-state index in [0.717, 1.165) is 0 Å². The molecule has 1 nitrogen and oxygen atoms in total. The van der Waals surface area contributed by atoms with Crippen molar-refractivity contribution in [3.63, 3.8) is 0 Å². The Morgan fingerprint density at radius 3 is 2.45 bits per heavy atom. The van der Waals surface area contributed by atoms with E-state index in [1.807, 2.05) is 0 Å². The second-order valence-electron chi connectivity index (χ2n) is 6.03. The van der Waals surface area contributed by atoms with Gasteiger partial charge in [-0.15, -0.1) is 0 Å². The minimum absolute atomic E-state index is 0.0768. The standard InChI is InChI=1S/C19H21N/c1-5-13(2)20-14-10-11-16-15-8-6-7-9-17(15)19(3,4)18(16)12-14/h5-12,20H,1-4H3/b13-5+. The number of rotatable bonds is 2. The van der Waals surface area contributed by atoms with Crippen molar-refractivity contribution in [3.8, 4) is 11.1 Å². The van der Waals surface area contributed by atoms with Crippen LogP contribution in [-0.4, -0.2) is 0 Å². The third kappa shape index (κ3) is 1.85. The van der Waals surface area contributed by atoms with E-state index in [1.165, 1.54) is 33.6 Å². The quantitative estimate of drug-likeness (QED) is 0.772. The fraction of sp³-hybridized carbons (Fsp3) is 0.263. The number of anilines is 1. The zero-order valence-corrected chi connectivity index (χ0v) is 12.6. The monoisotopic (exact) mass is 263 g/mol. The lowest BCUT2D eigenvalue weighted by molar-refractivity contribution is 0.660. The van der Waals surface area contributed by atoms with Gasteiger partial charge in [0.1, 0.15) is 0 Å². The number of hydrogen-bond donors (Lipinski definition) is 1. The number of fused-ring (bicyclic) bond motifs is 3. The Balaban J connectivity index is 2.13. The maximum absolute atomic E-state index is 3.45. The number of allylic oxidation sites excluding steroid dienone is 2. The predicted molar refractivity (Wildman–Crippen MR) is 87.1 cm³/mol. The molecule has 3 rings (SSSR count). The Morgan fingerprint density at radius 2 is 1.70 bits per heavy atom. The maximum Gasteiger partial charge on any atom is 0.0385 e. The van der Waals surface area contributed by atoms with Crippen molar-refractivity contribution in [3.05, 3.63) is 65.4 Å². The van der Waals surface area contributed by atoms with Crippen molar-refractivity contribution >= 4 is 5.69 Å². The van der Waals surface area contributed by atoms with Gasteiger partial charge in [-0.2, -0.15) is 0 Å². The highest BCUT2D eigenvalue weighted by molar-refractivity contribution is 5.82. The topological polar surface area (TPSA) is 12.0 Å². The van der Waals surface area contributed by atoms with Crippen LogP contribution in [0.5, 0.6) is 0 Å². The molecule has 2 aromatic rings. The average molecular weight is 263 g/mol. The molecule has 0 spiro atoms. The molecule has 0 heterocycles. The van der Waals surface area contributed by atoms with Crippen LogP contribution < -0.4 is 5.32 Å². The van der Waals surface area contributed by atoms with E-state index in [0.29, 0.717) is 0 Å². The summed E-state index contributed by atoms with van der Waals surface area (Å²) in [7, 11) is 0. The lowest BCUT2D eigenvalue weighted by Crippen LogP contribution is -2.15. The van der Waals surface area contributed by atoms with Crippen LogP contribution in [0.3, 0.4) is 0 Å². The highest BCUT2D eigenvalue weighted by Crippen LogP contribution is 2.49. The largest absolute Gasteiger partial charge is 0.359 e. The van der Waals surface area contributed by atoms with E-state index in [1.54, 1.807) is 0 Å². The van der Waals surface area contributed by atoms with E-state index in [-0.39, 0.29) is 5.41 Å². The highest BCUT2D eigenvalue weighted by Gasteiger charge is 2.34. The SMILES string of the molecule is C/C=C(\C)Nc1ccc2c(c1)C(C)(C)c1ccccc1-2. The molecule has 0 amide bonds. The van der Waals surface area contributed by atoms with Gasteiger partial charge < -0.3 is 5.32 Å². The van der Waals surface area contributed by atoms with Crippen molar-refractivity contribution in [2.75, 3.05) is 5.32 Å². The summed E-state index contributed by atoms with van der Waals surface area (Å²) in [5.41, 5.74) is 8.00. The van der Waals surface area contributed by atoms with Crippen LogP contribution in [0, 0.1) is 0 Å². The average Bonchev–Trinajstić information content (AvgIpc) is 2.68. The molecular formula is C19H21N. The van der Waals surface area contributed by atoms with Crippen molar-refractivity contribution in [2.24, 2.45) is 0 Å². The number of benzene rings is 2. The summed E-state index contributed by atoms with van der Waals surface area (Å²) < 4.78 is 0. The first-order valence-electron chi connectivity index (χ1n) is 7.18. The van der Waals surface area contributed by atoms with E-state index in [9.17, 15) is 0 Å². The van der Waals surface area contributed by atoms with Crippen LogP contribution in [0.25, 0.3) is 11.1 Å². The lowest BCUT2D eigenvalue weighted by atomic mass is 9.82. The molecule has 0 fully saturated rings. The molecule has 102 valence electrons. The van der Waals surface area contributed by atoms with Crippen LogP contribution in [0.2, 0.25) is 0 Å². The molecule has 0 aliphatic heterocycles. The van der Waals surface area contributed by atoms with Crippen LogP contribution >= 0.6 is 0 Å². The zero-order valence-electron chi connectivity index (χ0n) is 12.6. The molecule has 2 aromatic carbocycles. The van der Waals surface area contributed by atoms with E-state index >= 15 is 0 Å². The smallest absolute Gasteiger partial charge is 0.0385 e. The Kier molecular flexibility index (Phi) is 2.93. The van der Waals surface area contributed by atoms with Crippen molar-refractivity contribution in [1.82, 2.24) is 0 Å². The first kappa shape index (κ1) is 13.0. The fourth-order valence-electron chi connectivity index (χ4n) is 3.08. The summed E-state index contributed by atoms with van der Waals surface area (Å²) in [4.78, 5) is 0. The van der Waals surface area contributed by atoms with Gasteiger partial charge in [-0.05, 0) is 48.2 Å². The molecule has 1 aliphatic carbocycles. The second-order valence-corrected chi connectivity index (χ2v) is 6.03. The first-order valence-corrected chi connectivity index (χ1v) is 7.18. The van der Waals surface area contributed by atoms with Gasteiger partial charge in [0.2, 0.25) is 0 Å². The summed E-state index contributed by atoms with van der Waals surface area (Å²) in [6, 6.07) is 15.4. The van der Waals surface area contributed by atoms with Crippen LogP contribution in [-0.2, 0) is 5.41 Å². The summed E-state index contributed by atoms with van der Waals surface area (Å²) in [5, 5.41) is 3.45. The second kappa shape index (κ2) is 4.52. The van der Waals surface area contributed by atoms with Gasteiger partial charge in [0.15, 0.2) is 0 Å². The first-order chi connectivity index (χ1) is 9.54. The third-order valence-corrected chi connectivity index (χ3v) is 4.36. The van der Waals surface area contributed by atoms with Crippen LogP contribution in [0.4, 0.5) is 5.69 Å². The number of nitrogens with one attached hydrogen (secondary N) is 1. The van der Waals surface area contributed by atoms with E-state index in [2.05, 4.69) is 81.6 Å². The molecule has 0 bridgehead atoms. The summed E-state index contributed by atoms with van der Waals surface area (Å²) in [6.07, 6.45) is 2.09. The Hall–Kier alpha value is -2.02. The highest BCUT2D eigenvalue weighted by atomic mass is 14.9. The summed E-state index contributed by atoms with van der Waals surface area (Å²) >= 11 is 0. The molecule has 0 unspecified atom stereocenters. The summed E-state index contributed by atoms with van der Waals surface area (Å²) in [6.45, 7) is 8.76. The summed E-state index contributed by atoms with van der Waals surface area (Å²) in [5.74, 6) is 0. The number of hydrogen-bond acceptors (Lipinski definition) is 1. The van der Waals surface area contributed by atoms with Gasteiger partial charge in [-0.3, -0.25) is 0 Å². The molecule has 0 saturated heterocycles. The van der Waals surface area contributed by atoms with Crippen molar-refractivity contribution < 1.29 is 0 Å². The Labute approximate surface area is 121 Å². The maximum atomic E-state index is 3.45. The van der Waals surface area contributed by atoms with Gasteiger partial charge in [0.25, 0.3) is 0 Å². The molecule has 1 aliphatic rings. The molecular weight excluding hydrogens is 242 g/mol. The minimum atomic E-state index is 0.0768. The molecule has 0 saturated carbocycles. The molecule has 0 radical (unpaired) electrons. The minimum Gasteiger partial charge on any atom is -0.359 e. The molecule has 0 aromatic heterocycles. The Bertz CT molecular complexity index is 693. The van der Waals surface area contributed by atoms with Gasteiger partial charge in [-0.1, -0.05) is 50.3 Å². The molecule has 1 N–H and O–H groups in total. The van der Waals surface area contributed by atoms with E-state index in [4.69, 9.17) is 0 Å². The lowest BCUT2D eigenvalue weighted by Gasteiger charge is -2.22. The van der Waals surface area contributed by atoms with Gasteiger partial charge in [0, 0.05) is 16.8 Å². The van der Waals surface area contributed by atoms with Gasteiger partial charge in [-0.25, -0.2) is 0 Å². The van der Waals surface area contributed by atoms with Gasteiger partial charge in [0.05, 0.1) is 0 Å². The van der Waals surface area contributed by atoms with Crippen molar-refractivity contribution in [1.29, 1.82) is 0 Å². The molecule has 1 heteroatoms. The van der Waals surface area contributed by atoms with Crippen LogP contribution in [0.1, 0.15) is 38.8 Å². The van der Waals surface area contributed by atoms with E-state index < -0.39 is 0 Å². The Morgan fingerprint density at radius 1 is 1.00 bits per heavy atom. The van der Waals surface area contributed by atoms with Gasteiger partial charge >= 0.3 is 0 Å².